The Morgan fingerprint density at radius 3 is 2.55 bits per heavy atom. The van der Waals surface area contributed by atoms with Crippen LogP contribution in [0.1, 0.15) is 19.8 Å². The topological polar surface area (TPSA) is 57.7 Å². The maximum atomic E-state index is 12.7. The Hall–Kier alpha value is -1.40. The van der Waals surface area contributed by atoms with Gasteiger partial charge in [-0.15, -0.1) is 0 Å². The van der Waals surface area contributed by atoms with Crippen LogP contribution in [-0.4, -0.2) is 48.7 Å². The van der Waals surface area contributed by atoms with Crippen LogP contribution in [0.3, 0.4) is 0 Å². The summed E-state index contributed by atoms with van der Waals surface area (Å²) in [7, 11) is -3.49. The minimum absolute atomic E-state index is 0.0472. The normalized spacial score (nSPS) is 27.1. The highest BCUT2D eigenvalue weighted by molar-refractivity contribution is 7.89. The number of likely N-dealkylation sites (tertiary alicyclic amines) is 1. The third-order valence-electron chi connectivity index (χ3n) is 4.25. The number of carbonyl (C=O) groups is 1. The highest BCUT2D eigenvalue weighted by atomic mass is 32.2. The number of sulfonamides is 1. The Labute approximate surface area is 119 Å². The molecule has 20 heavy (non-hydrogen) atoms. The van der Waals surface area contributed by atoms with Crippen LogP contribution in [0.4, 0.5) is 0 Å². The second-order valence-electron chi connectivity index (χ2n) is 5.24. The lowest BCUT2D eigenvalue weighted by molar-refractivity contribution is -0.128. The molecule has 0 bridgehead atoms. The zero-order valence-corrected chi connectivity index (χ0v) is 12.2. The molecule has 2 aliphatic heterocycles. The Morgan fingerprint density at radius 2 is 1.90 bits per heavy atom. The van der Waals surface area contributed by atoms with E-state index in [-0.39, 0.29) is 18.0 Å². The number of hydrogen-bond donors (Lipinski definition) is 0. The molecule has 0 spiro atoms. The molecule has 5 nitrogen and oxygen atoms in total. The van der Waals surface area contributed by atoms with Gasteiger partial charge in [-0.3, -0.25) is 4.79 Å². The van der Waals surface area contributed by atoms with Gasteiger partial charge >= 0.3 is 0 Å². The fraction of sp³-hybridized carbons (Fsp3) is 0.500. The lowest BCUT2D eigenvalue weighted by Crippen LogP contribution is -2.39. The van der Waals surface area contributed by atoms with E-state index in [0.717, 1.165) is 6.42 Å². The van der Waals surface area contributed by atoms with Crippen LogP contribution in [0.2, 0.25) is 0 Å². The van der Waals surface area contributed by atoms with Crippen LogP contribution in [0.15, 0.2) is 35.2 Å². The molecule has 1 aromatic rings. The molecule has 2 atom stereocenters. The summed E-state index contributed by atoms with van der Waals surface area (Å²) in [5.74, 6) is 0.0652. The lowest BCUT2D eigenvalue weighted by atomic mass is 10.1. The predicted molar refractivity (Wildman–Crippen MR) is 74.5 cm³/mol. The maximum Gasteiger partial charge on any atom is 0.243 e. The molecule has 3 rings (SSSR count). The number of fused-ring (bicyclic) bond motifs is 1. The average molecular weight is 294 g/mol. The largest absolute Gasteiger partial charge is 0.338 e. The molecule has 2 saturated heterocycles. The molecular formula is C14H18N2O3S. The first-order valence-electron chi connectivity index (χ1n) is 6.92. The van der Waals surface area contributed by atoms with Crippen molar-refractivity contribution < 1.29 is 13.2 Å². The molecule has 2 aliphatic rings. The van der Waals surface area contributed by atoms with Gasteiger partial charge in [0.1, 0.15) is 0 Å². The predicted octanol–water partition coefficient (Wildman–Crippen LogP) is 1.07. The summed E-state index contributed by atoms with van der Waals surface area (Å²) >= 11 is 0. The van der Waals surface area contributed by atoms with Crippen molar-refractivity contribution in [2.75, 3.05) is 13.1 Å². The maximum absolute atomic E-state index is 12.7. The van der Waals surface area contributed by atoms with E-state index in [9.17, 15) is 13.2 Å². The van der Waals surface area contributed by atoms with Gasteiger partial charge < -0.3 is 4.90 Å². The van der Waals surface area contributed by atoms with Gasteiger partial charge in [0.15, 0.2) is 0 Å². The van der Waals surface area contributed by atoms with Gasteiger partial charge in [-0.25, -0.2) is 8.42 Å². The Bertz CT molecular complexity index is 615. The summed E-state index contributed by atoms with van der Waals surface area (Å²) in [6, 6.07) is 8.30. The van der Waals surface area contributed by atoms with E-state index in [4.69, 9.17) is 0 Å². The smallest absolute Gasteiger partial charge is 0.243 e. The van der Waals surface area contributed by atoms with Gasteiger partial charge in [-0.05, 0) is 25.5 Å². The number of amides is 1. The lowest BCUT2D eigenvalue weighted by Gasteiger charge is -2.24. The van der Waals surface area contributed by atoms with Crippen LogP contribution in [-0.2, 0) is 14.8 Å². The molecule has 2 heterocycles. The van der Waals surface area contributed by atoms with E-state index in [0.29, 0.717) is 24.4 Å². The van der Waals surface area contributed by atoms with Crippen LogP contribution >= 0.6 is 0 Å². The summed E-state index contributed by atoms with van der Waals surface area (Å²) in [6.07, 6.45) is 1.04. The van der Waals surface area contributed by atoms with Crippen molar-refractivity contribution in [3.63, 3.8) is 0 Å². The molecule has 108 valence electrons. The average Bonchev–Trinajstić information content (AvgIpc) is 2.97. The first kappa shape index (κ1) is 13.6. The summed E-state index contributed by atoms with van der Waals surface area (Å²) in [4.78, 5) is 14.1. The summed E-state index contributed by atoms with van der Waals surface area (Å²) < 4.78 is 26.9. The molecule has 6 heteroatoms. The van der Waals surface area contributed by atoms with Crippen molar-refractivity contribution in [3.8, 4) is 0 Å². The number of benzene rings is 1. The highest BCUT2D eigenvalue weighted by Gasteiger charge is 2.50. The molecule has 0 unspecified atom stereocenters. The number of hydrogen-bond acceptors (Lipinski definition) is 3. The third-order valence-corrected chi connectivity index (χ3v) is 6.19. The second kappa shape index (κ2) is 4.86. The van der Waals surface area contributed by atoms with Crippen LogP contribution in [0.5, 0.6) is 0 Å². The molecule has 1 amide bonds. The van der Waals surface area contributed by atoms with Crippen molar-refractivity contribution in [3.05, 3.63) is 30.3 Å². The van der Waals surface area contributed by atoms with E-state index in [1.54, 1.807) is 30.3 Å². The standard InChI is InChI=1S/C14H18N2O3S/c1-2-15-12-8-9-16(13(12)10-14(15)17)20(18,19)11-6-4-3-5-7-11/h3-7,12-13H,2,8-10H2,1H3/t12-,13+/m1/s1. The molecule has 2 fully saturated rings. The zero-order chi connectivity index (χ0) is 14.3. The first-order chi connectivity index (χ1) is 9.55. The SMILES string of the molecule is CCN1C(=O)C[C@H]2[C@H]1CCN2S(=O)(=O)c1ccccc1. The van der Waals surface area contributed by atoms with Gasteiger partial charge in [-0.2, -0.15) is 4.31 Å². The quantitative estimate of drug-likeness (QED) is 0.838. The van der Waals surface area contributed by atoms with Crippen molar-refractivity contribution >= 4 is 15.9 Å². The molecular weight excluding hydrogens is 276 g/mol. The second-order valence-corrected chi connectivity index (χ2v) is 7.13. The van der Waals surface area contributed by atoms with Crippen molar-refractivity contribution in [1.29, 1.82) is 0 Å². The molecule has 0 aromatic heterocycles. The molecule has 0 aliphatic carbocycles. The van der Waals surface area contributed by atoms with E-state index in [1.165, 1.54) is 4.31 Å². The van der Waals surface area contributed by atoms with Gasteiger partial charge in [0.25, 0.3) is 0 Å². The Balaban J connectivity index is 1.92. The fourth-order valence-corrected chi connectivity index (χ4v) is 5.02. The Kier molecular flexibility index (Phi) is 3.30. The molecule has 0 saturated carbocycles. The third kappa shape index (κ3) is 1.94. The number of nitrogens with zero attached hydrogens (tertiary/aromatic N) is 2. The van der Waals surface area contributed by atoms with Gasteiger partial charge in [0, 0.05) is 19.5 Å². The molecule has 0 N–H and O–H groups in total. The number of rotatable bonds is 3. The summed E-state index contributed by atoms with van der Waals surface area (Å²) in [5.41, 5.74) is 0. The van der Waals surface area contributed by atoms with E-state index < -0.39 is 10.0 Å². The van der Waals surface area contributed by atoms with Crippen LogP contribution in [0, 0.1) is 0 Å². The van der Waals surface area contributed by atoms with Gasteiger partial charge in [0.2, 0.25) is 15.9 Å². The minimum Gasteiger partial charge on any atom is -0.338 e. The number of likely N-dealkylation sites (N-methyl/N-ethyl adjacent to an activating group) is 1. The summed E-state index contributed by atoms with van der Waals surface area (Å²) in [6.45, 7) is 3.09. The molecule has 1 aromatic carbocycles. The van der Waals surface area contributed by atoms with Crippen LogP contribution in [0.25, 0.3) is 0 Å². The first-order valence-corrected chi connectivity index (χ1v) is 8.36. The summed E-state index contributed by atoms with van der Waals surface area (Å²) in [5, 5.41) is 0. The van der Waals surface area contributed by atoms with E-state index >= 15 is 0 Å². The van der Waals surface area contributed by atoms with E-state index in [2.05, 4.69) is 0 Å². The van der Waals surface area contributed by atoms with Crippen LogP contribution < -0.4 is 0 Å². The molecule has 0 radical (unpaired) electrons. The number of carbonyl (C=O) groups excluding carboxylic acids is 1. The van der Waals surface area contributed by atoms with Crippen molar-refractivity contribution in [2.45, 2.75) is 36.7 Å². The zero-order valence-electron chi connectivity index (χ0n) is 11.4. The van der Waals surface area contributed by atoms with Crippen molar-refractivity contribution in [2.24, 2.45) is 0 Å². The Morgan fingerprint density at radius 1 is 1.20 bits per heavy atom. The highest BCUT2D eigenvalue weighted by Crippen LogP contribution is 2.35. The van der Waals surface area contributed by atoms with Gasteiger partial charge in [0.05, 0.1) is 17.0 Å². The monoisotopic (exact) mass is 294 g/mol. The van der Waals surface area contributed by atoms with Crippen molar-refractivity contribution in [1.82, 2.24) is 9.21 Å². The van der Waals surface area contributed by atoms with E-state index in [1.807, 2.05) is 11.8 Å². The minimum atomic E-state index is -3.49. The fourth-order valence-electron chi connectivity index (χ4n) is 3.33. The van der Waals surface area contributed by atoms with Gasteiger partial charge in [-0.1, -0.05) is 18.2 Å².